The first-order valence-corrected chi connectivity index (χ1v) is 8.01. The lowest BCUT2D eigenvalue weighted by Gasteiger charge is -2.35. The lowest BCUT2D eigenvalue weighted by Crippen LogP contribution is -2.44. The molecule has 0 fully saturated rings. The van der Waals surface area contributed by atoms with Gasteiger partial charge in [0.05, 0.1) is 30.6 Å². The second-order valence-electron chi connectivity index (χ2n) is 5.44. The Kier molecular flexibility index (Phi) is 5.60. The van der Waals surface area contributed by atoms with Crippen LogP contribution in [0.3, 0.4) is 0 Å². The maximum atomic E-state index is 12.7. The van der Waals surface area contributed by atoms with Gasteiger partial charge in [-0.05, 0) is 25.5 Å². The number of nitriles is 1. The Morgan fingerprint density at radius 1 is 1.20 bits per heavy atom. The van der Waals surface area contributed by atoms with Gasteiger partial charge in [-0.15, -0.1) is 0 Å². The molecule has 0 unspecified atom stereocenters. The lowest BCUT2D eigenvalue weighted by atomic mass is 9.67. The molecule has 1 aliphatic carbocycles. The van der Waals surface area contributed by atoms with Crippen LogP contribution in [0.1, 0.15) is 25.3 Å². The molecule has 2 rings (SSSR count). The predicted molar refractivity (Wildman–Crippen MR) is 90.8 cm³/mol. The SMILES string of the molecule is CCOC(=O)C1=C(N)[C@](C#N)(C(=O)OCC)[C@@H](c2ccccc2)C=C1. The molecule has 25 heavy (non-hydrogen) atoms. The maximum Gasteiger partial charge on any atom is 0.339 e. The van der Waals surface area contributed by atoms with E-state index in [0.29, 0.717) is 0 Å². The zero-order valence-corrected chi connectivity index (χ0v) is 14.2. The molecule has 1 aromatic carbocycles. The molecule has 0 bridgehead atoms. The predicted octanol–water partition coefficient (Wildman–Crippen LogP) is 2.19. The van der Waals surface area contributed by atoms with Crippen LogP contribution in [0.25, 0.3) is 0 Å². The summed E-state index contributed by atoms with van der Waals surface area (Å²) in [5, 5.41) is 9.92. The van der Waals surface area contributed by atoms with E-state index in [1.165, 1.54) is 6.08 Å². The van der Waals surface area contributed by atoms with E-state index in [4.69, 9.17) is 15.2 Å². The van der Waals surface area contributed by atoms with Gasteiger partial charge < -0.3 is 15.2 Å². The van der Waals surface area contributed by atoms with Gasteiger partial charge >= 0.3 is 11.9 Å². The number of nitrogens with zero attached hydrogens (tertiary/aromatic N) is 1. The van der Waals surface area contributed by atoms with Crippen LogP contribution < -0.4 is 5.73 Å². The molecular weight excluding hydrogens is 320 g/mol. The van der Waals surface area contributed by atoms with Crippen molar-refractivity contribution in [2.45, 2.75) is 19.8 Å². The second kappa shape index (κ2) is 7.67. The standard InChI is InChI=1S/C19H20N2O4/c1-3-24-17(22)14-10-11-15(13-8-6-5-7-9-13)19(12-20,16(14)21)18(23)25-4-2/h5-11,15H,3-4,21H2,1-2H3/t15-,19-/m1/s1. The Hall–Kier alpha value is -3.07. The smallest absolute Gasteiger partial charge is 0.339 e. The normalized spacial score (nSPS) is 22.2. The molecule has 2 atom stereocenters. The van der Waals surface area contributed by atoms with Crippen LogP contribution in [0.5, 0.6) is 0 Å². The number of carbonyl (C=O) groups excluding carboxylic acids is 2. The Morgan fingerprint density at radius 3 is 2.40 bits per heavy atom. The van der Waals surface area contributed by atoms with Crippen LogP contribution in [-0.2, 0) is 19.1 Å². The average Bonchev–Trinajstić information content (AvgIpc) is 2.62. The monoisotopic (exact) mass is 340 g/mol. The van der Waals surface area contributed by atoms with Crippen molar-refractivity contribution in [2.75, 3.05) is 13.2 Å². The topological polar surface area (TPSA) is 102 Å². The summed E-state index contributed by atoms with van der Waals surface area (Å²) in [7, 11) is 0. The van der Waals surface area contributed by atoms with Crippen molar-refractivity contribution in [1.82, 2.24) is 0 Å². The molecule has 0 saturated carbocycles. The van der Waals surface area contributed by atoms with Crippen molar-refractivity contribution < 1.29 is 19.1 Å². The third-order valence-corrected chi connectivity index (χ3v) is 4.06. The van der Waals surface area contributed by atoms with Crippen LogP contribution in [0.15, 0.2) is 53.8 Å². The number of hydrogen-bond acceptors (Lipinski definition) is 6. The van der Waals surface area contributed by atoms with E-state index in [2.05, 4.69) is 0 Å². The van der Waals surface area contributed by atoms with E-state index >= 15 is 0 Å². The van der Waals surface area contributed by atoms with Gasteiger partial charge in [0.25, 0.3) is 0 Å². The summed E-state index contributed by atoms with van der Waals surface area (Å²) in [6, 6.07) is 11.0. The largest absolute Gasteiger partial charge is 0.464 e. The Balaban J connectivity index is 2.65. The minimum absolute atomic E-state index is 0.00336. The van der Waals surface area contributed by atoms with Crippen LogP contribution in [0, 0.1) is 16.7 Å². The zero-order chi connectivity index (χ0) is 18.4. The first-order chi connectivity index (χ1) is 12.0. The molecule has 0 aliphatic heterocycles. The molecule has 1 aliphatic rings. The summed E-state index contributed by atoms with van der Waals surface area (Å²) in [4.78, 5) is 24.9. The van der Waals surface area contributed by atoms with Crippen LogP contribution in [0.4, 0.5) is 0 Å². The molecule has 0 aromatic heterocycles. The Bertz CT molecular complexity index is 761. The number of ether oxygens (including phenoxy) is 2. The molecule has 0 heterocycles. The maximum absolute atomic E-state index is 12.7. The van der Waals surface area contributed by atoms with Crippen molar-refractivity contribution in [2.24, 2.45) is 11.1 Å². The number of rotatable bonds is 5. The molecule has 2 N–H and O–H groups in total. The van der Waals surface area contributed by atoms with Gasteiger partial charge in [0.1, 0.15) is 0 Å². The highest BCUT2D eigenvalue weighted by atomic mass is 16.5. The van der Waals surface area contributed by atoms with Gasteiger partial charge in [0.2, 0.25) is 5.41 Å². The van der Waals surface area contributed by atoms with Crippen molar-refractivity contribution in [3.63, 3.8) is 0 Å². The fraction of sp³-hybridized carbons (Fsp3) is 0.316. The van der Waals surface area contributed by atoms with Gasteiger partial charge in [-0.3, -0.25) is 0 Å². The summed E-state index contributed by atoms with van der Waals surface area (Å²) < 4.78 is 10.1. The quantitative estimate of drug-likeness (QED) is 0.824. The first kappa shape index (κ1) is 18.3. The molecule has 130 valence electrons. The molecule has 1 aromatic rings. The van der Waals surface area contributed by atoms with Crippen molar-refractivity contribution in [1.29, 1.82) is 5.26 Å². The van der Waals surface area contributed by atoms with E-state index in [1.807, 2.05) is 12.1 Å². The van der Waals surface area contributed by atoms with E-state index < -0.39 is 23.3 Å². The summed E-state index contributed by atoms with van der Waals surface area (Å²) in [5.41, 5.74) is 4.91. The number of allylic oxidation sites excluding steroid dienone is 1. The average molecular weight is 340 g/mol. The molecule has 6 nitrogen and oxygen atoms in total. The van der Waals surface area contributed by atoms with Crippen molar-refractivity contribution >= 4 is 11.9 Å². The van der Waals surface area contributed by atoms with Gasteiger partial charge in [-0.25, -0.2) is 9.59 Å². The summed E-state index contributed by atoms with van der Waals surface area (Å²) in [6.45, 7) is 3.56. The van der Waals surface area contributed by atoms with Gasteiger partial charge in [-0.1, -0.05) is 36.4 Å². The Morgan fingerprint density at radius 2 is 1.84 bits per heavy atom. The molecule has 0 spiro atoms. The van der Waals surface area contributed by atoms with Crippen LogP contribution in [0.2, 0.25) is 0 Å². The number of benzene rings is 1. The van der Waals surface area contributed by atoms with Crippen LogP contribution in [-0.4, -0.2) is 25.2 Å². The summed E-state index contributed by atoms with van der Waals surface area (Å²) >= 11 is 0. The highest BCUT2D eigenvalue weighted by molar-refractivity contribution is 5.97. The Labute approximate surface area is 146 Å². The van der Waals surface area contributed by atoms with E-state index in [1.54, 1.807) is 44.2 Å². The first-order valence-electron chi connectivity index (χ1n) is 8.01. The van der Waals surface area contributed by atoms with E-state index in [-0.39, 0.29) is 24.5 Å². The number of nitrogens with two attached hydrogens (primary N) is 1. The molecule has 6 heteroatoms. The zero-order valence-electron chi connectivity index (χ0n) is 14.2. The van der Waals surface area contributed by atoms with Gasteiger partial charge in [0.15, 0.2) is 0 Å². The number of esters is 2. The summed E-state index contributed by atoms with van der Waals surface area (Å²) in [6.07, 6.45) is 3.12. The van der Waals surface area contributed by atoms with Gasteiger partial charge in [-0.2, -0.15) is 5.26 Å². The lowest BCUT2D eigenvalue weighted by molar-refractivity contribution is -0.150. The fourth-order valence-corrected chi connectivity index (χ4v) is 2.87. The number of hydrogen-bond donors (Lipinski definition) is 1. The third-order valence-electron chi connectivity index (χ3n) is 4.06. The minimum atomic E-state index is -1.83. The molecule has 0 radical (unpaired) electrons. The fourth-order valence-electron chi connectivity index (χ4n) is 2.87. The molecule has 0 saturated heterocycles. The number of carbonyl (C=O) groups is 2. The second-order valence-corrected chi connectivity index (χ2v) is 5.44. The van der Waals surface area contributed by atoms with Gasteiger partial charge in [0, 0.05) is 5.92 Å². The molecule has 0 amide bonds. The third kappa shape index (κ3) is 3.13. The minimum Gasteiger partial charge on any atom is -0.464 e. The summed E-state index contributed by atoms with van der Waals surface area (Å²) in [5.74, 6) is -2.13. The van der Waals surface area contributed by atoms with Crippen LogP contribution >= 0.6 is 0 Å². The van der Waals surface area contributed by atoms with Crippen molar-refractivity contribution in [3.05, 3.63) is 59.3 Å². The van der Waals surface area contributed by atoms with Crippen molar-refractivity contribution in [3.8, 4) is 6.07 Å². The highest BCUT2D eigenvalue weighted by Crippen LogP contribution is 2.46. The molecular formula is C19H20N2O4. The van der Waals surface area contributed by atoms with E-state index in [9.17, 15) is 14.9 Å². The van der Waals surface area contributed by atoms with E-state index in [0.717, 1.165) is 5.56 Å². The highest BCUT2D eigenvalue weighted by Gasteiger charge is 2.53.